The van der Waals surface area contributed by atoms with Crippen LogP contribution in [-0.2, 0) is 20.8 Å². The number of carbonyl (C=O) groups excluding carboxylic acids is 3. The molecule has 0 aliphatic rings. The van der Waals surface area contributed by atoms with E-state index >= 15 is 0 Å². The van der Waals surface area contributed by atoms with Gasteiger partial charge in [-0.1, -0.05) is 11.6 Å². The highest BCUT2D eigenvalue weighted by Crippen LogP contribution is 2.34. The number of ether oxygens (including phenoxy) is 2. The van der Waals surface area contributed by atoms with Crippen molar-refractivity contribution >= 4 is 45.8 Å². The SMILES string of the molecule is COC(=O)c1sc(NC(=O)Cn2ncc(Cl)c2C)c(C(=O)OC)c1C. The number of nitrogens with zero attached hydrogens (tertiary/aromatic N) is 2. The smallest absolute Gasteiger partial charge is 0.348 e. The van der Waals surface area contributed by atoms with E-state index in [1.807, 2.05) is 0 Å². The summed E-state index contributed by atoms with van der Waals surface area (Å²) in [5, 5.41) is 7.28. The maximum Gasteiger partial charge on any atom is 0.348 e. The van der Waals surface area contributed by atoms with Crippen molar-refractivity contribution in [3.8, 4) is 0 Å². The predicted octanol–water partition coefficient (Wildman–Crippen LogP) is 2.43. The zero-order chi connectivity index (χ0) is 18.7. The molecular formula is C15H16ClN3O5S. The standard InChI is InChI=1S/C15H16ClN3O5S/c1-7-11(14(21)23-3)13(25-12(7)15(22)24-4)18-10(20)6-19-8(2)9(16)5-17-19/h5H,6H2,1-4H3,(H,18,20). The molecule has 0 unspecified atom stereocenters. The lowest BCUT2D eigenvalue weighted by molar-refractivity contribution is -0.116. The molecule has 0 fully saturated rings. The van der Waals surface area contributed by atoms with E-state index in [9.17, 15) is 14.4 Å². The Balaban J connectivity index is 2.31. The van der Waals surface area contributed by atoms with Crippen molar-refractivity contribution in [3.63, 3.8) is 0 Å². The van der Waals surface area contributed by atoms with Crippen LogP contribution in [0.4, 0.5) is 5.00 Å². The molecule has 1 N–H and O–H groups in total. The number of methoxy groups -OCH3 is 2. The molecule has 2 heterocycles. The minimum absolute atomic E-state index is 0.0936. The first-order valence-electron chi connectivity index (χ1n) is 7.07. The third-order valence-electron chi connectivity index (χ3n) is 3.50. The van der Waals surface area contributed by atoms with Crippen LogP contribution in [0.2, 0.25) is 5.02 Å². The average Bonchev–Trinajstić information content (AvgIpc) is 3.07. The normalized spacial score (nSPS) is 10.4. The number of halogens is 1. The van der Waals surface area contributed by atoms with Gasteiger partial charge in [-0.05, 0) is 19.4 Å². The molecule has 0 aromatic carbocycles. The molecular weight excluding hydrogens is 370 g/mol. The van der Waals surface area contributed by atoms with E-state index < -0.39 is 17.8 Å². The number of anilines is 1. The number of amides is 1. The molecule has 0 spiro atoms. The number of esters is 2. The van der Waals surface area contributed by atoms with Gasteiger partial charge in [0, 0.05) is 0 Å². The van der Waals surface area contributed by atoms with E-state index in [0.29, 0.717) is 16.3 Å². The summed E-state index contributed by atoms with van der Waals surface area (Å²) >= 11 is 6.86. The first-order chi connectivity index (χ1) is 11.8. The molecule has 0 aliphatic heterocycles. The average molecular weight is 386 g/mol. The topological polar surface area (TPSA) is 99.5 Å². The van der Waals surface area contributed by atoms with Gasteiger partial charge in [0.15, 0.2) is 0 Å². The second-order valence-corrected chi connectivity index (χ2v) is 6.46. The number of aromatic nitrogens is 2. The summed E-state index contributed by atoms with van der Waals surface area (Å²) in [6.45, 7) is 3.22. The van der Waals surface area contributed by atoms with Crippen LogP contribution in [0.25, 0.3) is 0 Å². The summed E-state index contributed by atoms with van der Waals surface area (Å²) in [4.78, 5) is 36.4. The van der Waals surface area contributed by atoms with Crippen molar-refractivity contribution in [1.82, 2.24) is 9.78 Å². The van der Waals surface area contributed by atoms with Crippen molar-refractivity contribution in [1.29, 1.82) is 0 Å². The van der Waals surface area contributed by atoms with Gasteiger partial charge in [-0.2, -0.15) is 5.10 Å². The second kappa shape index (κ2) is 7.66. The van der Waals surface area contributed by atoms with Crippen molar-refractivity contribution in [3.05, 3.63) is 32.9 Å². The summed E-state index contributed by atoms with van der Waals surface area (Å²) < 4.78 is 10.9. The van der Waals surface area contributed by atoms with Crippen LogP contribution in [0, 0.1) is 13.8 Å². The maximum atomic E-state index is 12.3. The van der Waals surface area contributed by atoms with Gasteiger partial charge in [0.05, 0.1) is 36.7 Å². The molecule has 1 amide bonds. The molecule has 25 heavy (non-hydrogen) atoms. The van der Waals surface area contributed by atoms with Gasteiger partial charge in [0.25, 0.3) is 0 Å². The highest BCUT2D eigenvalue weighted by atomic mass is 35.5. The Kier molecular flexibility index (Phi) is 5.81. The molecule has 0 aliphatic carbocycles. The van der Waals surface area contributed by atoms with Gasteiger partial charge in [-0.15, -0.1) is 11.3 Å². The Morgan fingerprint density at radius 3 is 2.40 bits per heavy atom. The molecule has 8 nitrogen and oxygen atoms in total. The zero-order valence-corrected chi connectivity index (χ0v) is 15.6. The number of carbonyl (C=O) groups is 3. The molecule has 0 saturated carbocycles. The van der Waals surface area contributed by atoms with Crippen molar-refractivity contribution in [2.75, 3.05) is 19.5 Å². The van der Waals surface area contributed by atoms with E-state index in [2.05, 4.69) is 10.4 Å². The molecule has 2 aromatic heterocycles. The predicted molar refractivity (Wildman–Crippen MR) is 92.3 cm³/mol. The number of hydrogen-bond donors (Lipinski definition) is 1. The van der Waals surface area contributed by atoms with Crippen LogP contribution in [0.1, 0.15) is 31.3 Å². The summed E-state index contributed by atoms with van der Waals surface area (Å²) in [7, 11) is 2.46. The van der Waals surface area contributed by atoms with Gasteiger partial charge in [0.1, 0.15) is 16.4 Å². The molecule has 10 heteroatoms. The van der Waals surface area contributed by atoms with Crippen LogP contribution < -0.4 is 5.32 Å². The summed E-state index contributed by atoms with van der Waals surface area (Å²) in [5.41, 5.74) is 1.15. The Bertz CT molecular complexity index is 843. The van der Waals surface area contributed by atoms with E-state index in [0.717, 1.165) is 11.3 Å². The van der Waals surface area contributed by atoms with Crippen LogP contribution in [0.15, 0.2) is 6.20 Å². The van der Waals surface area contributed by atoms with Gasteiger partial charge >= 0.3 is 11.9 Å². The minimum atomic E-state index is -0.655. The van der Waals surface area contributed by atoms with Gasteiger partial charge in [0.2, 0.25) is 5.91 Å². The lowest BCUT2D eigenvalue weighted by Gasteiger charge is -2.07. The fourth-order valence-electron chi connectivity index (χ4n) is 2.12. The second-order valence-electron chi connectivity index (χ2n) is 5.03. The zero-order valence-electron chi connectivity index (χ0n) is 14.0. The Hall–Kier alpha value is -2.39. The largest absolute Gasteiger partial charge is 0.465 e. The third kappa shape index (κ3) is 3.83. The van der Waals surface area contributed by atoms with Crippen molar-refractivity contribution < 1.29 is 23.9 Å². The highest BCUT2D eigenvalue weighted by Gasteiger charge is 2.26. The first kappa shape index (κ1) is 18.9. The number of nitrogens with one attached hydrogen (secondary N) is 1. The summed E-state index contributed by atoms with van der Waals surface area (Å²) in [6.07, 6.45) is 1.44. The fourth-order valence-corrected chi connectivity index (χ4v) is 3.39. The molecule has 2 rings (SSSR count). The van der Waals surface area contributed by atoms with Crippen molar-refractivity contribution in [2.24, 2.45) is 0 Å². The maximum absolute atomic E-state index is 12.3. The highest BCUT2D eigenvalue weighted by molar-refractivity contribution is 7.18. The summed E-state index contributed by atoms with van der Waals surface area (Å²) in [5.74, 6) is -1.67. The van der Waals surface area contributed by atoms with Crippen LogP contribution in [0.3, 0.4) is 0 Å². The lowest BCUT2D eigenvalue weighted by atomic mass is 10.1. The van der Waals surface area contributed by atoms with Crippen LogP contribution in [-0.4, -0.2) is 41.8 Å². The van der Waals surface area contributed by atoms with E-state index in [-0.39, 0.29) is 22.0 Å². The third-order valence-corrected chi connectivity index (χ3v) is 5.06. The van der Waals surface area contributed by atoms with Gasteiger partial charge < -0.3 is 14.8 Å². The van der Waals surface area contributed by atoms with E-state index in [1.54, 1.807) is 13.8 Å². The molecule has 0 atom stereocenters. The number of hydrogen-bond acceptors (Lipinski definition) is 7. The van der Waals surface area contributed by atoms with E-state index in [1.165, 1.54) is 25.1 Å². The Morgan fingerprint density at radius 2 is 1.88 bits per heavy atom. The van der Waals surface area contributed by atoms with E-state index in [4.69, 9.17) is 21.1 Å². The fraction of sp³-hybridized carbons (Fsp3) is 0.333. The minimum Gasteiger partial charge on any atom is -0.465 e. The molecule has 0 saturated heterocycles. The molecule has 134 valence electrons. The van der Waals surface area contributed by atoms with Crippen molar-refractivity contribution in [2.45, 2.75) is 20.4 Å². The van der Waals surface area contributed by atoms with Gasteiger partial charge in [-0.25, -0.2) is 9.59 Å². The van der Waals surface area contributed by atoms with Crippen LogP contribution >= 0.6 is 22.9 Å². The number of thiophene rings is 1. The monoisotopic (exact) mass is 385 g/mol. The Labute approximate surface area is 152 Å². The molecule has 2 aromatic rings. The lowest BCUT2D eigenvalue weighted by Crippen LogP contribution is -2.21. The Morgan fingerprint density at radius 1 is 1.24 bits per heavy atom. The summed E-state index contributed by atoms with van der Waals surface area (Å²) in [6, 6.07) is 0. The molecule has 0 bridgehead atoms. The van der Waals surface area contributed by atoms with Crippen LogP contribution in [0.5, 0.6) is 0 Å². The van der Waals surface area contributed by atoms with Gasteiger partial charge in [-0.3, -0.25) is 9.48 Å². The first-order valence-corrected chi connectivity index (χ1v) is 8.27. The number of rotatable bonds is 5. The molecule has 0 radical (unpaired) electrons. The quantitative estimate of drug-likeness (QED) is 0.793.